The number of nitrogens with zero attached hydrogens (tertiary/aromatic N) is 2. The molecule has 1 aromatic carbocycles. The molecule has 0 unspecified atom stereocenters. The largest absolute Gasteiger partial charge is 0.359 e. The van der Waals surface area contributed by atoms with Gasteiger partial charge < -0.3 is 4.52 Å². The summed E-state index contributed by atoms with van der Waals surface area (Å²) < 4.78 is 5.05. The Labute approximate surface area is 92.6 Å². The Hall–Kier alpha value is -2.19. The van der Waals surface area contributed by atoms with Gasteiger partial charge in [0.25, 0.3) is 0 Å². The van der Waals surface area contributed by atoms with E-state index < -0.39 is 0 Å². The van der Waals surface area contributed by atoms with Crippen molar-refractivity contribution >= 4 is 11.8 Å². The summed E-state index contributed by atoms with van der Waals surface area (Å²) in [4.78, 5) is 13.7. The molecule has 0 fully saturated rings. The highest BCUT2D eigenvalue weighted by Crippen LogP contribution is 2.22. The van der Waals surface area contributed by atoms with Crippen molar-refractivity contribution < 1.29 is 9.32 Å². The van der Waals surface area contributed by atoms with E-state index in [1.165, 1.54) is 17.8 Å². The van der Waals surface area contributed by atoms with Crippen LogP contribution in [0.5, 0.6) is 0 Å². The second-order valence-corrected chi connectivity index (χ2v) is 3.44. The molecule has 0 N–H and O–H groups in total. The van der Waals surface area contributed by atoms with E-state index in [0.29, 0.717) is 17.9 Å². The van der Waals surface area contributed by atoms with Crippen LogP contribution in [-0.4, -0.2) is 11.2 Å². The van der Waals surface area contributed by atoms with Crippen molar-refractivity contribution in [3.63, 3.8) is 0 Å². The van der Waals surface area contributed by atoms with Crippen LogP contribution < -0.4 is 0 Å². The van der Waals surface area contributed by atoms with Gasteiger partial charge in [0, 0.05) is 6.42 Å². The molecule has 0 saturated heterocycles. The monoisotopic (exact) mass is 214 g/mol. The maximum absolute atomic E-state index is 10.2. The summed E-state index contributed by atoms with van der Waals surface area (Å²) in [7, 11) is 0. The molecule has 0 aliphatic rings. The highest BCUT2D eigenvalue weighted by atomic mass is 16.5. The lowest BCUT2D eigenvalue weighted by molar-refractivity contribution is 0.390. The summed E-state index contributed by atoms with van der Waals surface area (Å²) >= 11 is 0. The van der Waals surface area contributed by atoms with Crippen molar-refractivity contribution in [1.29, 1.82) is 0 Å². The van der Waals surface area contributed by atoms with Crippen LogP contribution in [0.1, 0.15) is 16.9 Å². The fourth-order valence-electron chi connectivity index (χ4n) is 1.50. The lowest BCUT2D eigenvalue weighted by atomic mass is 10.0. The second-order valence-electron chi connectivity index (χ2n) is 3.44. The highest BCUT2D eigenvalue weighted by molar-refractivity contribution is 5.50. The normalized spacial score (nSPS) is 9.81. The molecule has 4 nitrogen and oxygen atoms in total. The molecule has 0 amide bonds. The Balaban J connectivity index is 2.30. The number of aliphatic imine (C=N–C) groups is 1. The van der Waals surface area contributed by atoms with E-state index in [9.17, 15) is 4.79 Å². The number of carbonyl (C=O) groups excluding carboxylic acids is 1. The van der Waals surface area contributed by atoms with E-state index in [1.807, 2.05) is 31.2 Å². The topological polar surface area (TPSA) is 55.5 Å². The van der Waals surface area contributed by atoms with Crippen LogP contribution in [0.3, 0.4) is 0 Å². The quantitative estimate of drug-likeness (QED) is 0.582. The molecule has 2 aromatic rings. The molecule has 0 aliphatic carbocycles. The molecular formula is C12H10N2O2. The van der Waals surface area contributed by atoms with Crippen molar-refractivity contribution in [2.45, 2.75) is 13.3 Å². The van der Waals surface area contributed by atoms with Crippen molar-refractivity contribution in [2.24, 2.45) is 4.99 Å². The third-order valence-corrected chi connectivity index (χ3v) is 2.40. The molecule has 80 valence electrons. The van der Waals surface area contributed by atoms with Crippen LogP contribution in [0.15, 0.2) is 40.0 Å². The fourth-order valence-corrected chi connectivity index (χ4v) is 1.50. The van der Waals surface area contributed by atoms with Crippen LogP contribution in [0, 0.1) is 6.92 Å². The zero-order valence-electron chi connectivity index (χ0n) is 8.80. The Morgan fingerprint density at radius 2 is 2.25 bits per heavy atom. The summed E-state index contributed by atoms with van der Waals surface area (Å²) in [5, 5.41) is 3.62. The van der Waals surface area contributed by atoms with E-state index in [4.69, 9.17) is 4.52 Å². The molecule has 1 heterocycles. The van der Waals surface area contributed by atoms with Gasteiger partial charge in [-0.05, 0) is 18.1 Å². The first-order valence-electron chi connectivity index (χ1n) is 4.87. The third-order valence-electron chi connectivity index (χ3n) is 2.40. The number of hydrogen-bond donors (Lipinski definition) is 0. The van der Waals surface area contributed by atoms with Gasteiger partial charge in [0.05, 0.1) is 6.20 Å². The highest BCUT2D eigenvalue weighted by Gasteiger charge is 2.09. The standard InChI is InChI=1S/C12H10N2O2/c1-9-4-2-3-5-10(9)6-12-11(13-8-15)7-14-16-12/h2-5,7H,6H2,1H3. The average molecular weight is 214 g/mol. The van der Waals surface area contributed by atoms with Crippen LogP contribution in [0.25, 0.3) is 0 Å². The number of rotatable bonds is 3. The van der Waals surface area contributed by atoms with Crippen LogP contribution in [0.4, 0.5) is 5.69 Å². The first kappa shape index (κ1) is 10.3. The van der Waals surface area contributed by atoms with Gasteiger partial charge in [0.15, 0.2) is 5.76 Å². The Morgan fingerprint density at radius 3 is 3.00 bits per heavy atom. The SMILES string of the molecule is Cc1ccccc1Cc1oncc1N=C=O. The lowest BCUT2D eigenvalue weighted by Crippen LogP contribution is -1.89. The maximum atomic E-state index is 10.2. The molecule has 16 heavy (non-hydrogen) atoms. The minimum absolute atomic E-state index is 0.443. The average Bonchev–Trinajstić information content (AvgIpc) is 2.70. The summed E-state index contributed by atoms with van der Waals surface area (Å²) in [5.41, 5.74) is 2.74. The van der Waals surface area contributed by atoms with Crippen molar-refractivity contribution in [1.82, 2.24) is 5.16 Å². The van der Waals surface area contributed by atoms with Crippen LogP contribution in [0.2, 0.25) is 0 Å². The predicted octanol–water partition coefficient (Wildman–Crippen LogP) is 2.54. The number of aryl methyl sites for hydroxylation is 1. The van der Waals surface area contributed by atoms with Crippen molar-refractivity contribution in [3.8, 4) is 0 Å². The Bertz CT molecular complexity index is 539. The molecule has 0 atom stereocenters. The molecule has 0 spiro atoms. The number of isocyanates is 1. The molecule has 1 aromatic heterocycles. The van der Waals surface area contributed by atoms with Gasteiger partial charge in [-0.15, -0.1) is 0 Å². The van der Waals surface area contributed by atoms with Gasteiger partial charge in [0.1, 0.15) is 5.69 Å². The number of aromatic nitrogens is 1. The van der Waals surface area contributed by atoms with Gasteiger partial charge in [-0.25, -0.2) is 4.79 Å². The van der Waals surface area contributed by atoms with Gasteiger partial charge in [0.2, 0.25) is 6.08 Å². The van der Waals surface area contributed by atoms with Crippen molar-refractivity contribution in [2.75, 3.05) is 0 Å². The zero-order chi connectivity index (χ0) is 11.4. The van der Waals surface area contributed by atoms with E-state index in [2.05, 4.69) is 10.1 Å². The summed E-state index contributed by atoms with van der Waals surface area (Å²) in [6.07, 6.45) is 3.48. The first-order chi connectivity index (χ1) is 7.81. The van der Waals surface area contributed by atoms with E-state index in [0.717, 1.165) is 5.56 Å². The molecule has 0 aliphatic heterocycles. The Morgan fingerprint density at radius 1 is 1.44 bits per heavy atom. The van der Waals surface area contributed by atoms with Crippen molar-refractivity contribution in [3.05, 3.63) is 47.3 Å². The van der Waals surface area contributed by atoms with Gasteiger partial charge in [-0.1, -0.05) is 29.4 Å². The van der Waals surface area contributed by atoms with Crippen LogP contribution in [-0.2, 0) is 11.2 Å². The second kappa shape index (κ2) is 4.55. The smallest absolute Gasteiger partial charge is 0.240 e. The van der Waals surface area contributed by atoms with E-state index in [1.54, 1.807) is 0 Å². The maximum Gasteiger partial charge on any atom is 0.240 e. The first-order valence-corrected chi connectivity index (χ1v) is 4.87. The molecule has 4 heteroatoms. The lowest BCUT2D eigenvalue weighted by Gasteiger charge is -2.02. The summed E-state index contributed by atoms with van der Waals surface area (Å²) in [6, 6.07) is 7.96. The summed E-state index contributed by atoms with van der Waals surface area (Å²) in [5.74, 6) is 0.581. The summed E-state index contributed by atoms with van der Waals surface area (Å²) in [6.45, 7) is 2.02. The third kappa shape index (κ3) is 2.07. The number of hydrogen-bond acceptors (Lipinski definition) is 4. The molecular weight excluding hydrogens is 204 g/mol. The minimum Gasteiger partial charge on any atom is -0.359 e. The van der Waals surface area contributed by atoms with Crippen LogP contribution >= 0.6 is 0 Å². The zero-order valence-corrected chi connectivity index (χ0v) is 8.80. The molecule has 0 radical (unpaired) electrons. The molecule has 0 saturated carbocycles. The van der Waals surface area contributed by atoms with Gasteiger partial charge in [-0.3, -0.25) is 0 Å². The van der Waals surface area contributed by atoms with E-state index in [-0.39, 0.29) is 0 Å². The molecule has 0 bridgehead atoms. The van der Waals surface area contributed by atoms with Gasteiger partial charge in [-0.2, -0.15) is 4.99 Å². The molecule has 2 rings (SSSR count). The Kier molecular flexibility index (Phi) is 2.94. The van der Waals surface area contributed by atoms with Gasteiger partial charge >= 0.3 is 0 Å². The number of benzene rings is 1. The predicted molar refractivity (Wildman–Crippen MR) is 58.3 cm³/mol. The van der Waals surface area contributed by atoms with E-state index >= 15 is 0 Å². The minimum atomic E-state index is 0.443. The fraction of sp³-hybridized carbons (Fsp3) is 0.167.